The molecule has 20 heavy (non-hydrogen) atoms. The van der Waals surface area contributed by atoms with Crippen LogP contribution in [0.4, 0.5) is 0 Å². The number of carboxylic acids is 1. The summed E-state index contributed by atoms with van der Waals surface area (Å²) in [5, 5.41) is 10.6. The Balaban J connectivity index is 1.95. The number of likely N-dealkylation sites (tertiary alicyclic amines) is 1. The minimum absolute atomic E-state index is 0.290. The number of rotatable bonds is 5. The van der Waals surface area contributed by atoms with Crippen LogP contribution in [0, 0.1) is 17.8 Å². The molecule has 1 heterocycles. The summed E-state index contributed by atoms with van der Waals surface area (Å²) in [5.74, 6) is -2.55. The maximum atomic E-state index is 12.1. The van der Waals surface area contributed by atoms with Crippen LogP contribution in [-0.4, -0.2) is 46.8 Å². The molecular formula is C13H18N2O5. The molecule has 0 aromatic carbocycles. The van der Waals surface area contributed by atoms with E-state index in [0.29, 0.717) is 18.8 Å². The van der Waals surface area contributed by atoms with E-state index in [4.69, 9.17) is 5.11 Å². The molecule has 2 fully saturated rings. The fourth-order valence-electron chi connectivity index (χ4n) is 3.06. The highest BCUT2D eigenvalue weighted by molar-refractivity contribution is 6.07. The highest BCUT2D eigenvalue weighted by Gasteiger charge is 2.52. The normalized spacial score (nSPS) is 28.6. The summed E-state index contributed by atoms with van der Waals surface area (Å²) in [5.41, 5.74) is 0. The average molecular weight is 282 g/mol. The van der Waals surface area contributed by atoms with Gasteiger partial charge >= 0.3 is 5.97 Å². The average Bonchev–Trinajstić information content (AvgIpc) is 2.92. The second-order valence-electron chi connectivity index (χ2n) is 5.39. The molecule has 7 nitrogen and oxygen atoms in total. The van der Waals surface area contributed by atoms with E-state index in [0.717, 1.165) is 11.3 Å². The molecule has 7 heteroatoms. The number of hydrogen-bond acceptors (Lipinski definition) is 4. The third kappa shape index (κ3) is 2.66. The molecule has 0 bridgehead atoms. The van der Waals surface area contributed by atoms with Crippen molar-refractivity contribution < 1.29 is 24.3 Å². The molecule has 2 N–H and O–H groups in total. The Bertz CT molecular complexity index is 438. The van der Waals surface area contributed by atoms with Gasteiger partial charge in [0.05, 0.1) is 11.8 Å². The van der Waals surface area contributed by atoms with E-state index in [1.807, 2.05) is 6.92 Å². The lowest BCUT2D eigenvalue weighted by Gasteiger charge is -2.16. The molecule has 0 spiro atoms. The Morgan fingerprint density at radius 2 is 1.80 bits per heavy atom. The van der Waals surface area contributed by atoms with Crippen LogP contribution in [0.3, 0.4) is 0 Å². The van der Waals surface area contributed by atoms with Crippen molar-refractivity contribution in [3.63, 3.8) is 0 Å². The van der Waals surface area contributed by atoms with Gasteiger partial charge in [0.2, 0.25) is 17.7 Å². The molecule has 2 aliphatic rings. The highest BCUT2D eigenvalue weighted by atomic mass is 16.4. The Morgan fingerprint density at radius 1 is 1.25 bits per heavy atom. The third-order valence-corrected chi connectivity index (χ3v) is 4.14. The SMILES string of the molecule is CCC1CC2C(=O)N(CC(=O)NCC(=O)O)C(=O)C2C1. The summed E-state index contributed by atoms with van der Waals surface area (Å²) >= 11 is 0. The molecule has 0 radical (unpaired) electrons. The fraction of sp³-hybridized carbons (Fsp3) is 0.692. The number of hydrogen-bond donors (Lipinski definition) is 2. The first-order valence-corrected chi connectivity index (χ1v) is 6.77. The van der Waals surface area contributed by atoms with E-state index < -0.39 is 18.4 Å². The van der Waals surface area contributed by atoms with E-state index in [-0.39, 0.29) is 30.2 Å². The van der Waals surface area contributed by atoms with Crippen LogP contribution < -0.4 is 5.32 Å². The van der Waals surface area contributed by atoms with Gasteiger partial charge in [0.1, 0.15) is 13.1 Å². The molecule has 0 aromatic heterocycles. The maximum absolute atomic E-state index is 12.1. The number of nitrogens with zero attached hydrogens (tertiary/aromatic N) is 1. The summed E-state index contributed by atoms with van der Waals surface area (Å²) in [6.07, 6.45) is 2.37. The summed E-state index contributed by atoms with van der Waals surface area (Å²) in [7, 11) is 0. The summed E-state index contributed by atoms with van der Waals surface area (Å²) < 4.78 is 0. The Kier molecular flexibility index (Phi) is 4.06. The zero-order chi connectivity index (χ0) is 14.9. The van der Waals surface area contributed by atoms with Gasteiger partial charge in [-0.3, -0.25) is 24.1 Å². The first kappa shape index (κ1) is 14.5. The van der Waals surface area contributed by atoms with Crippen LogP contribution in [0.1, 0.15) is 26.2 Å². The molecule has 2 atom stereocenters. The summed E-state index contributed by atoms with van der Waals surface area (Å²) in [6, 6.07) is 0. The quantitative estimate of drug-likeness (QED) is 0.668. The minimum Gasteiger partial charge on any atom is -0.480 e. The van der Waals surface area contributed by atoms with E-state index in [9.17, 15) is 19.2 Å². The molecular weight excluding hydrogens is 264 g/mol. The van der Waals surface area contributed by atoms with Crippen molar-refractivity contribution in [2.24, 2.45) is 17.8 Å². The molecule has 2 rings (SSSR count). The molecule has 3 amide bonds. The van der Waals surface area contributed by atoms with Crippen molar-refractivity contribution in [3.05, 3.63) is 0 Å². The topological polar surface area (TPSA) is 104 Å². The van der Waals surface area contributed by atoms with Crippen LogP contribution in [0.25, 0.3) is 0 Å². The predicted molar refractivity (Wildman–Crippen MR) is 67.4 cm³/mol. The Labute approximate surface area is 116 Å². The largest absolute Gasteiger partial charge is 0.480 e. The molecule has 0 aromatic rings. The van der Waals surface area contributed by atoms with Gasteiger partial charge in [-0.15, -0.1) is 0 Å². The van der Waals surface area contributed by atoms with Crippen LogP contribution in [0.15, 0.2) is 0 Å². The van der Waals surface area contributed by atoms with Crippen molar-refractivity contribution in [1.29, 1.82) is 0 Å². The summed E-state index contributed by atoms with van der Waals surface area (Å²) in [4.78, 5) is 47.1. The zero-order valence-electron chi connectivity index (χ0n) is 11.3. The number of carbonyl (C=O) groups excluding carboxylic acids is 3. The molecule has 1 saturated heterocycles. The van der Waals surface area contributed by atoms with Crippen molar-refractivity contribution in [3.8, 4) is 0 Å². The number of carbonyl (C=O) groups is 4. The zero-order valence-corrected chi connectivity index (χ0v) is 11.3. The number of amides is 3. The molecule has 2 unspecified atom stereocenters. The van der Waals surface area contributed by atoms with Crippen molar-refractivity contribution in [2.75, 3.05) is 13.1 Å². The number of aliphatic carboxylic acids is 1. The van der Waals surface area contributed by atoms with Crippen molar-refractivity contribution in [2.45, 2.75) is 26.2 Å². The first-order chi connectivity index (χ1) is 9.43. The maximum Gasteiger partial charge on any atom is 0.322 e. The monoisotopic (exact) mass is 282 g/mol. The Hall–Kier alpha value is -1.92. The molecule has 1 saturated carbocycles. The lowest BCUT2D eigenvalue weighted by Crippen LogP contribution is -2.42. The lowest BCUT2D eigenvalue weighted by molar-refractivity contribution is -0.144. The highest BCUT2D eigenvalue weighted by Crippen LogP contribution is 2.44. The van der Waals surface area contributed by atoms with Gasteiger partial charge in [-0.1, -0.05) is 13.3 Å². The van der Waals surface area contributed by atoms with E-state index in [2.05, 4.69) is 5.32 Å². The standard InChI is InChI=1S/C13H18N2O5/c1-2-7-3-8-9(4-7)13(20)15(12(8)19)6-10(16)14-5-11(17)18/h7-9H,2-6H2,1H3,(H,14,16)(H,17,18). The molecule has 1 aliphatic carbocycles. The molecule has 110 valence electrons. The van der Waals surface area contributed by atoms with Gasteiger partial charge in [-0.25, -0.2) is 0 Å². The second-order valence-corrected chi connectivity index (χ2v) is 5.39. The van der Waals surface area contributed by atoms with Crippen LogP contribution >= 0.6 is 0 Å². The number of fused-ring (bicyclic) bond motifs is 1. The summed E-state index contributed by atoms with van der Waals surface area (Å²) in [6.45, 7) is 1.15. The smallest absolute Gasteiger partial charge is 0.322 e. The van der Waals surface area contributed by atoms with Crippen LogP contribution in [-0.2, 0) is 19.2 Å². The van der Waals surface area contributed by atoms with Crippen molar-refractivity contribution >= 4 is 23.7 Å². The van der Waals surface area contributed by atoms with E-state index >= 15 is 0 Å². The van der Waals surface area contributed by atoms with Crippen molar-refractivity contribution in [1.82, 2.24) is 10.2 Å². The Morgan fingerprint density at radius 3 is 2.25 bits per heavy atom. The van der Waals surface area contributed by atoms with Gasteiger partial charge in [0, 0.05) is 0 Å². The van der Waals surface area contributed by atoms with Gasteiger partial charge in [-0.05, 0) is 18.8 Å². The first-order valence-electron chi connectivity index (χ1n) is 6.77. The number of imide groups is 1. The minimum atomic E-state index is -1.17. The van der Waals surface area contributed by atoms with Gasteiger partial charge in [0.15, 0.2) is 0 Å². The lowest BCUT2D eigenvalue weighted by atomic mass is 10.00. The third-order valence-electron chi connectivity index (χ3n) is 4.14. The predicted octanol–water partition coefficient (Wildman–Crippen LogP) is -0.392. The van der Waals surface area contributed by atoms with Crippen LogP contribution in [0.2, 0.25) is 0 Å². The van der Waals surface area contributed by atoms with E-state index in [1.165, 1.54) is 0 Å². The van der Waals surface area contributed by atoms with E-state index in [1.54, 1.807) is 0 Å². The van der Waals surface area contributed by atoms with Gasteiger partial charge in [-0.2, -0.15) is 0 Å². The number of nitrogens with one attached hydrogen (secondary N) is 1. The van der Waals surface area contributed by atoms with Gasteiger partial charge < -0.3 is 10.4 Å². The molecule has 1 aliphatic heterocycles. The fourth-order valence-corrected chi connectivity index (χ4v) is 3.06. The van der Waals surface area contributed by atoms with Gasteiger partial charge in [0.25, 0.3) is 0 Å². The second kappa shape index (κ2) is 5.60. The number of carboxylic acid groups (broad SMARTS) is 1. The van der Waals surface area contributed by atoms with Crippen LogP contribution in [0.5, 0.6) is 0 Å².